The van der Waals surface area contributed by atoms with E-state index < -0.39 is 11.7 Å². The molecule has 2 heterocycles. The number of fused-ring (bicyclic) bond motifs is 1. The Balaban J connectivity index is 1.63. The van der Waals surface area contributed by atoms with E-state index in [9.17, 15) is 14.4 Å². The molecule has 0 bridgehead atoms. The number of carbonyl (C=O) groups is 2. The van der Waals surface area contributed by atoms with E-state index in [-0.39, 0.29) is 17.9 Å². The lowest BCUT2D eigenvalue weighted by molar-refractivity contribution is -0.116. The molecule has 0 saturated heterocycles. The Labute approximate surface area is 135 Å². The van der Waals surface area contributed by atoms with Gasteiger partial charge in [-0.2, -0.15) is 14.6 Å². The first-order valence-corrected chi connectivity index (χ1v) is 7.08. The number of aryl methyl sites for hydroxylation is 1. The van der Waals surface area contributed by atoms with Crippen LogP contribution in [0, 0.1) is 0 Å². The maximum absolute atomic E-state index is 12.0. The number of aromatic carboxylic acids is 1. The van der Waals surface area contributed by atoms with Gasteiger partial charge in [0.05, 0.1) is 18.1 Å². The number of carboxylic acids is 1. The lowest BCUT2D eigenvalue weighted by atomic mass is 10.1. The van der Waals surface area contributed by atoms with Crippen molar-refractivity contribution < 1.29 is 14.7 Å². The van der Waals surface area contributed by atoms with E-state index in [1.807, 2.05) is 0 Å². The lowest BCUT2D eigenvalue weighted by Gasteiger charge is -2.05. The van der Waals surface area contributed by atoms with Crippen molar-refractivity contribution in [2.45, 2.75) is 12.8 Å². The van der Waals surface area contributed by atoms with Gasteiger partial charge in [-0.15, -0.1) is 0 Å². The molecule has 0 unspecified atom stereocenters. The average Bonchev–Trinajstić information content (AvgIpc) is 2.98. The number of hydrogen-bond acceptors (Lipinski definition) is 5. The molecule has 0 spiro atoms. The highest BCUT2D eigenvalue weighted by molar-refractivity contribution is 5.92. The fourth-order valence-corrected chi connectivity index (χ4v) is 2.24. The van der Waals surface area contributed by atoms with Gasteiger partial charge in [-0.25, -0.2) is 9.59 Å². The van der Waals surface area contributed by atoms with Crippen molar-refractivity contribution in [3.63, 3.8) is 0 Å². The molecule has 1 aromatic carbocycles. The van der Waals surface area contributed by atoms with Crippen LogP contribution in [0.5, 0.6) is 0 Å². The Hall–Kier alpha value is -3.49. The average molecular weight is 327 g/mol. The fourth-order valence-electron chi connectivity index (χ4n) is 2.24. The molecule has 9 heteroatoms. The van der Waals surface area contributed by atoms with Crippen molar-refractivity contribution >= 4 is 23.2 Å². The first kappa shape index (κ1) is 15.4. The predicted octanol–water partition coefficient (Wildman–Crippen LogP) is 0.687. The number of benzene rings is 1. The van der Waals surface area contributed by atoms with Crippen LogP contribution >= 0.6 is 0 Å². The number of nitrogens with one attached hydrogen (secondary N) is 2. The number of hydrogen-bond donors (Lipinski definition) is 3. The van der Waals surface area contributed by atoms with E-state index in [0.29, 0.717) is 17.8 Å². The monoisotopic (exact) mass is 327 g/mol. The van der Waals surface area contributed by atoms with Crippen LogP contribution in [0.3, 0.4) is 0 Å². The summed E-state index contributed by atoms with van der Waals surface area (Å²) in [5.41, 5.74) is 1.41. The molecule has 2 aromatic heterocycles. The Kier molecular flexibility index (Phi) is 4.06. The van der Waals surface area contributed by atoms with Crippen LogP contribution in [0.1, 0.15) is 22.3 Å². The summed E-state index contributed by atoms with van der Waals surface area (Å²) < 4.78 is 1.14. The van der Waals surface area contributed by atoms with Crippen molar-refractivity contribution in [1.82, 2.24) is 19.6 Å². The van der Waals surface area contributed by atoms with Gasteiger partial charge in [0.25, 0.3) is 0 Å². The van der Waals surface area contributed by atoms with Crippen molar-refractivity contribution in [1.29, 1.82) is 0 Å². The van der Waals surface area contributed by atoms with Gasteiger partial charge in [-0.1, -0.05) is 0 Å². The summed E-state index contributed by atoms with van der Waals surface area (Å²) >= 11 is 0. The third-order valence-electron chi connectivity index (χ3n) is 3.44. The number of H-pyrrole nitrogens is 1. The van der Waals surface area contributed by atoms with E-state index in [1.54, 1.807) is 0 Å². The van der Waals surface area contributed by atoms with Crippen molar-refractivity contribution in [2.75, 3.05) is 5.32 Å². The number of nitrogens with zero attached hydrogens (tertiary/aromatic N) is 3. The molecular formula is C15H13N5O4. The van der Waals surface area contributed by atoms with E-state index >= 15 is 0 Å². The number of rotatable bonds is 5. The standard InChI is InChI=1S/C15H13N5O4/c21-12(19-11-4-1-9(2-5-11)14(22)23)6-3-10-7-18-20-13(10)16-8-17-15(20)24/h1-2,4-5,7-8H,3,6H2,(H,19,21)(H,22,23)(H,16,17,24). The van der Waals surface area contributed by atoms with Crippen LogP contribution in [0.2, 0.25) is 0 Å². The Morgan fingerprint density at radius 2 is 2.00 bits per heavy atom. The van der Waals surface area contributed by atoms with Crippen molar-refractivity contribution in [3.8, 4) is 0 Å². The minimum Gasteiger partial charge on any atom is -0.478 e. The maximum atomic E-state index is 12.0. The van der Waals surface area contributed by atoms with E-state index in [2.05, 4.69) is 20.4 Å². The zero-order chi connectivity index (χ0) is 17.1. The van der Waals surface area contributed by atoms with E-state index in [1.165, 1.54) is 36.8 Å². The molecule has 0 saturated carbocycles. The molecule has 122 valence electrons. The van der Waals surface area contributed by atoms with Gasteiger partial charge in [0.15, 0.2) is 0 Å². The summed E-state index contributed by atoms with van der Waals surface area (Å²) in [6.45, 7) is 0. The normalized spacial score (nSPS) is 10.7. The minimum atomic E-state index is -1.02. The number of aromatic amines is 1. The van der Waals surface area contributed by atoms with Crippen LogP contribution in [0.15, 0.2) is 41.6 Å². The zero-order valence-corrected chi connectivity index (χ0v) is 12.4. The summed E-state index contributed by atoms with van der Waals surface area (Å²) in [7, 11) is 0. The summed E-state index contributed by atoms with van der Waals surface area (Å²) in [4.78, 5) is 40.7. The largest absolute Gasteiger partial charge is 0.478 e. The fraction of sp³-hybridized carbons (Fsp3) is 0.133. The Bertz CT molecular complexity index is 958. The van der Waals surface area contributed by atoms with Gasteiger partial charge >= 0.3 is 11.7 Å². The number of carboxylic acid groups (broad SMARTS) is 1. The van der Waals surface area contributed by atoms with Crippen LogP contribution < -0.4 is 11.0 Å². The SMILES string of the molecule is O=C(CCc1cnn2c(=O)nc[nH]c12)Nc1ccc(C(=O)O)cc1. The second kappa shape index (κ2) is 6.32. The van der Waals surface area contributed by atoms with Crippen molar-refractivity contribution in [3.05, 3.63) is 58.4 Å². The second-order valence-corrected chi connectivity index (χ2v) is 5.05. The number of amides is 1. The first-order chi connectivity index (χ1) is 11.5. The molecule has 0 aliphatic rings. The molecule has 0 aliphatic heterocycles. The van der Waals surface area contributed by atoms with Gasteiger partial charge in [0.1, 0.15) is 5.65 Å². The molecule has 3 aromatic rings. The second-order valence-electron chi connectivity index (χ2n) is 5.05. The molecule has 24 heavy (non-hydrogen) atoms. The predicted molar refractivity (Wildman–Crippen MR) is 84.0 cm³/mol. The van der Waals surface area contributed by atoms with Gasteiger partial charge in [-0.05, 0) is 30.7 Å². The summed E-state index contributed by atoms with van der Waals surface area (Å²) in [6, 6.07) is 5.89. The maximum Gasteiger partial charge on any atom is 0.371 e. The molecule has 9 nitrogen and oxygen atoms in total. The summed E-state index contributed by atoms with van der Waals surface area (Å²) in [6.07, 6.45) is 3.38. The molecule has 3 N–H and O–H groups in total. The summed E-state index contributed by atoms with van der Waals surface area (Å²) in [5.74, 6) is -1.25. The summed E-state index contributed by atoms with van der Waals surface area (Å²) in [5, 5.41) is 15.4. The molecule has 0 atom stereocenters. The van der Waals surface area contributed by atoms with Gasteiger partial charge < -0.3 is 15.4 Å². The molecule has 1 amide bonds. The Morgan fingerprint density at radius 1 is 1.25 bits per heavy atom. The topological polar surface area (TPSA) is 129 Å². The van der Waals surface area contributed by atoms with Crippen LogP contribution in [-0.4, -0.2) is 36.6 Å². The number of aromatic nitrogens is 4. The molecule has 0 radical (unpaired) electrons. The third-order valence-corrected chi connectivity index (χ3v) is 3.44. The van der Waals surface area contributed by atoms with E-state index in [4.69, 9.17) is 5.11 Å². The van der Waals surface area contributed by atoms with Crippen LogP contribution in [0.25, 0.3) is 5.65 Å². The first-order valence-electron chi connectivity index (χ1n) is 7.08. The highest BCUT2D eigenvalue weighted by Crippen LogP contribution is 2.12. The van der Waals surface area contributed by atoms with E-state index in [0.717, 1.165) is 10.1 Å². The van der Waals surface area contributed by atoms with Gasteiger partial charge in [0, 0.05) is 17.7 Å². The zero-order valence-electron chi connectivity index (χ0n) is 12.4. The molecular weight excluding hydrogens is 314 g/mol. The molecule has 0 fully saturated rings. The molecule has 0 aliphatic carbocycles. The number of carbonyl (C=O) groups excluding carboxylic acids is 1. The van der Waals surface area contributed by atoms with Crippen LogP contribution in [0.4, 0.5) is 5.69 Å². The third kappa shape index (κ3) is 3.14. The van der Waals surface area contributed by atoms with Crippen molar-refractivity contribution in [2.24, 2.45) is 0 Å². The minimum absolute atomic E-state index is 0.150. The number of anilines is 1. The van der Waals surface area contributed by atoms with Crippen LogP contribution in [-0.2, 0) is 11.2 Å². The smallest absolute Gasteiger partial charge is 0.371 e. The Morgan fingerprint density at radius 3 is 2.71 bits per heavy atom. The quantitative estimate of drug-likeness (QED) is 0.632. The highest BCUT2D eigenvalue weighted by Gasteiger charge is 2.10. The lowest BCUT2D eigenvalue weighted by Crippen LogP contribution is -2.17. The van der Waals surface area contributed by atoms with Gasteiger partial charge in [0.2, 0.25) is 5.91 Å². The molecule has 3 rings (SSSR count). The van der Waals surface area contributed by atoms with Gasteiger partial charge in [-0.3, -0.25) is 4.79 Å². The highest BCUT2D eigenvalue weighted by atomic mass is 16.4.